The summed E-state index contributed by atoms with van der Waals surface area (Å²) in [4.78, 5) is 2.50. The topological polar surface area (TPSA) is 3.24 Å². The van der Waals surface area contributed by atoms with Gasteiger partial charge in [-0.15, -0.1) is 0 Å². The average Bonchev–Trinajstić information content (AvgIpc) is 2.87. The summed E-state index contributed by atoms with van der Waals surface area (Å²) in [5, 5.41) is 0. The Morgan fingerprint density at radius 2 is 1.86 bits per heavy atom. The van der Waals surface area contributed by atoms with Crippen molar-refractivity contribution >= 4 is 0 Å². The largest absolute Gasteiger partial charge is 0.306 e. The van der Waals surface area contributed by atoms with Crippen LogP contribution in [0, 0.1) is 12.8 Å². The van der Waals surface area contributed by atoms with Gasteiger partial charge in [-0.25, -0.2) is 0 Å². The van der Waals surface area contributed by atoms with Gasteiger partial charge >= 0.3 is 0 Å². The summed E-state index contributed by atoms with van der Waals surface area (Å²) in [5.74, 6) is 1.63. The summed E-state index contributed by atoms with van der Waals surface area (Å²) in [6.07, 6.45) is 2.66. The first-order valence-electron chi connectivity index (χ1n) is 8.10. The third-order valence-corrected chi connectivity index (χ3v) is 5.44. The van der Waals surface area contributed by atoms with Crippen molar-refractivity contribution in [3.05, 3.63) is 59.2 Å². The molecule has 1 fully saturated rings. The van der Waals surface area contributed by atoms with E-state index in [1.165, 1.54) is 42.6 Å². The van der Waals surface area contributed by atoms with Gasteiger partial charge in [-0.05, 0) is 67.1 Å². The molecular formula is C20H23N. The first-order chi connectivity index (χ1) is 10.2. The molecule has 2 atom stereocenters. The Labute approximate surface area is 127 Å². The van der Waals surface area contributed by atoms with Gasteiger partial charge in [0.1, 0.15) is 0 Å². The number of benzene rings is 2. The van der Waals surface area contributed by atoms with Crippen molar-refractivity contribution in [3.63, 3.8) is 0 Å². The molecule has 0 N–H and O–H groups in total. The van der Waals surface area contributed by atoms with Crippen molar-refractivity contribution in [2.75, 3.05) is 20.1 Å². The Balaban J connectivity index is 1.79. The smallest absolute Gasteiger partial charge is 0.00501 e. The van der Waals surface area contributed by atoms with Crippen LogP contribution in [0.2, 0.25) is 0 Å². The lowest BCUT2D eigenvalue weighted by atomic mass is 9.86. The number of hydrogen-bond donors (Lipinski definition) is 0. The number of piperidine rings is 1. The van der Waals surface area contributed by atoms with Gasteiger partial charge in [0.25, 0.3) is 0 Å². The van der Waals surface area contributed by atoms with E-state index in [0.29, 0.717) is 0 Å². The molecule has 21 heavy (non-hydrogen) atoms. The Bertz CT molecular complexity index is 659. The van der Waals surface area contributed by atoms with Gasteiger partial charge < -0.3 is 4.90 Å². The van der Waals surface area contributed by atoms with Gasteiger partial charge in [-0.1, -0.05) is 42.5 Å². The average molecular weight is 277 g/mol. The summed E-state index contributed by atoms with van der Waals surface area (Å²) in [6.45, 7) is 4.79. The first kappa shape index (κ1) is 13.1. The van der Waals surface area contributed by atoms with Crippen LogP contribution in [0.1, 0.15) is 29.0 Å². The number of hydrogen-bond acceptors (Lipinski definition) is 1. The maximum Gasteiger partial charge on any atom is 0.00501 e. The molecule has 0 radical (unpaired) electrons. The fourth-order valence-corrected chi connectivity index (χ4v) is 4.27. The molecule has 0 spiro atoms. The Hall–Kier alpha value is -1.60. The maximum absolute atomic E-state index is 2.50. The summed E-state index contributed by atoms with van der Waals surface area (Å²) in [6, 6.07) is 15.7. The number of rotatable bonds is 1. The Morgan fingerprint density at radius 3 is 2.67 bits per heavy atom. The van der Waals surface area contributed by atoms with Crippen LogP contribution in [0.15, 0.2) is 42.5 Å². The molecule has 0 bridgehead atoms. The van der Waals surface area contributed by atoms with E-state index in [4.69, 9.17) is 0 Å². The van der Waals surface area contributed by atoms with Crippen LogP contribution in [0.3, 0.4) is 0 Å². The number of likely N-dealkylation sites (tertiary alicyclic amines) is 1. The molecule has 108 valence electrons. The molecule has 1 nitrogen and oxygen atoms in total. The zero-order valence-electron chi connectivity index (χ0n) is 13.0. The van der Waals surface area contributed by atoms with Crippen LogP contribution in [0.25, 0.3) is 11.1 Å². The van der Waals surface area contributed by atoms with Gasteiger partial charge in [0.2, 0.25) is 0 Å². The van der Waals surface area contributed by atoms with E-state index in [0.717, 1.165) is 11.8 Å². The number of aryl methyl sites for hydroxylation is 1. The lowest BCUT2D eigenvalue weighted by molar-refractivity contribution is 0.200. The normalized spacial score (nSPS) is 24.7. The molecule has 0 aromatic heterocycles. The first-order valence-corrected chi connectivity index (χ1v) is 8.10. The molecule has 1 saturated heterocycles. The molecule has 1 aliphatic carbocycles. The van der Waals surface area contributed by atoms with E-state index < -0.39 is 0 Å². The zero-order valence-corrected chi connectivity index (χ0v) is 13.0. The van der Waals surface area contributed by atoms with E-state index in [-0.39, 0.29) is 0 Å². The zero-order chi connectivity index (χ0) is 14.4. The molecule has 1 aliphatic heterocycles. The highest BCUT2D eigenvalue weighted by Crippen LogP contribution is 2.45. The van der Waals surface area contributed by atoms with Crippen LogP contribution >= 0.6 is 0 Å². The molecule has 0 unspecified atom stereocenters. The predicted octanol–water partition coefficient (Wildman–Crippen LogP) is 4.25. The summed E-state index contributed by atoms with van der Waals surface area (Å²) >= 11 is 0. The molecule has 4 rings (SSSR count). The van der Waals surface area contributed by atoms with Crippen LogP contribution in [0.5, 0.6) is 0 Å². The summed E-state index contributed by atoms with van der Waals surface area (Å²) in [7, 11) is 2.27. The highest BCUT2D eigenvalue weighted by atomic mass is 15.1. The second-order valence-corrected chi connectivity index (χ2v) is 6.85. The van der Waals surface area contributed by atoms with Crippen LogP contribution in [-0.2, 0) is 6.42 Å². The third kappa shape index (κ3) is 2.20. The summed E-state index contributed by atoms with van der Waals surface area (Å²) in [5.41, 5.74) is 7.49. The minimum Gasteiger partial charge on any atom is -0.306 e. The van der Waals surface area contributed by atoms with Gasteiger partial charge in [0.15, 0.2) is 0 Å². The molecule has 2 aromatic carbocycles. The van der Waals surface area contributed by atoms with E-state index in [2.05, 4.69) is 61.3 Å². The standard InChI is InChI=1S/C20H23N/c1-14-10-17(15-6-4-3-5-7-15)12-19-18(14)11-16-8-9-21(2)13-20(16)19/h3-7,10,12,16,20H,8-9,11,13H2,1-2H3/t16-,20-/m1/s1. The fraction of sp³-hybridized carbons (Fsp3) is 0.400. The predicted molar refractivity (Wildman–Crippen MR) is 88.7 cm³/mol. The molecular weight excluding hydrogens is 254 g/mol. The molecule has 0 amide bonds. The van der Waals surface area contributed by atoms with Crippen molar-refractivity contribution in [1.82, 2.24) is 4.90 Å². The molecule has 0 saturated carbocycles. The second kappa shape index (κ2) is 4.99. The van der Waals surface area contributed by atoms with Crippen LogP contribution < -0.4 is 0 Å². The van der Waals surface area contributed by atoms with Crippen LogP contribution in [0.4, 0.5) is 0 Å². The Morgan fingerprint density at radius 1 is 1.05 bits per heavy atom. The fourth-order valence-electron chi connectivity index (χ4n) is 4.27. The van der Waals surface area contributed by atoms with Crippen molar-refractivity contribution in [2.24, 2.45) is 5.92 Å². The van der Waals surface area contributed by atoms with E-state index >= 15 is 0 Å². The molecule has 2 aromatic rings. The second-order valence-electron chi connectivity index (χ2n) is 6.85. The summed E-state index contributed by atoms with van der Waals surface area (Å²) < 4.78 is 0. The van der Waals surface area contributed by atoms with E-state index in [1.54, 1.807) is 11.1 Å². The SMILES string of the molecule is Cc1cc(-c2ccccc2)cc2c1C[C@H]1CCN(C)C[C@@H]21. The number of fused-ring (bicyclic) bond motifs is 3. The van der Waals surface area contributed by atoms with Gasteiger partial charge in [0, 0.05) is 12.5 Å². The van der Waals surface area contributed by atoms with Gasteiger partial charge in [-0.2, -0.15) is 0 Å². The van der Waals surface area contributed by atoms with Crippen molar-refractivity contribution in [3.8, 4) is 11.1 Å². The van der Waals surface area contributed by atoms with E-state index in [1.807, 2.05) is 0 Å². The van der Waals surface area contributed by atoms with E-state index in [9.17, 15) is 0 Å². The van der Waals surface area contributed by atoms with Crippen molar-refractivity contribution < 1.29 is 0 Å². The minimum atomic E-state index is 0.751. The molecule has 1 heterocycles. The highest BCUT2D eigenvalue weighted by molar-refractivity contribution is 5.67. The Kier molecular flexibility index (Phi) is 3.11. The monoisotopic (exact) mass is 277 g/mol. The maximum atomic E-state index is 2.50. The van der Waals surface area contributed by atoms with Gasteiger partial charge in [-0.3, -0.25) is 0 Å². The number of nitrogens with zero attached hydrogens (tertiary/aromatic N) is 1. The quantitative estimate of drug-likeness (QED) is 0.753. The third-order valence-electron chi connectivity index (χ3n) is 5.44. The van der Waals surface area contributed by atoms with Crippen LogP contribution in [-0.4, -0.2) is 25.0 Å². The molecule has 1 heteroatoms. The van der Waals surface area contributed by atoms with Crippen molar-refractivity contribution in [1.29, 1.82) is 0 Å². The molecule has 2 aliphatic rings. The highest BCUT2D eigenvalue weighted by Gasteiger charge is 2.36. The minimum absolute atomic E-state index is 0.751. The lowest BCUT2D eigenvalue weighted by Gasteiger charge is -2.33. The lowest BCUT2D eigenvalue weighted by Crippen LogP contribution is -2.34. The van der Waals surface area contributed by atoms with Gasteiger partial charge in [0.05, 0.1) is 0 Å². The number of likely N-dealkylation sites (N-methyl/N-ethyl adjacent to an activating group) is 1. The van der Waals surface area contributed by atoms with Crippen molar-refractivity contribution in [2.45, 2.75) is 25.7 Å².